The Labute approximate surface area is 128 Å². The number of piperidine rings is 1. The molecule has 1 aliphatic rings. The van der Waals surface area contributed by atoms with Crippen LogP contribution in [0.3, 0.4) is 0 Å². The van der Waals surface area contributed by atoms with Crippen LogP contribution in [-0.4, -0.2) is 45.7 Å². The number of hydrogen-bond donors (Lipinski definition) is 1. The highest BCUT2D eigenvalue weighted by Gasteiger charge is 2.26. The van der Waals surface area contributed by atoms with Crippen LogP contribution in [0.2, 0.25) is 0 Å². The van der Waals surface area contributed by atoms with Gasteiger partial charge in [-0.25, -0.2) is 9.59 Å². The second-order valence-electron chi connectivity index (χ2n) is 4.88. The number of imidazole rings is 1. The van der Waals surface area contributed by atoms with Crippen molar-refractivity contribution in [3.05, 3.63) is 28.9 Å². The average Bonchev–Trinajstić information content (AvgIpc) is 2.92. The predicted molar refractivity (Wildman–Crippen MR) is 84.0 cm³/mol. The van der Waals surface area contributed by atoms with E-state index in [1.165, 1.54) is 7.11 Å². The number of H-pyrrole nitrogens is 1. The summed E-state index contributed by atoms with van der Waals surface area (Å²) in [5, 5.41) is 0. The number of amides is 1. The standard InChI is InChI=1S/C13H16N4O3.C2H6/c1-20-13(19)16-6-3-9(4-7-16)17-11-2-5-14-8-10(11)15-12(17)18;1-2/h2,5,8-9H,3-4,6-7H2,1H3,(H,15,18);1-2H3. The zero-order valence-electron chi connectivity index (χ0n) is 13.2. The molecule has 1 amide bonds. The first kappa shape index (κ1) is 16.1. The average molecular weight is 306 g/mol. The molecule has 7 heteroatoms. The summed E-state index contributed by atoms with van der Waals surface area (Å²) in [6.45, 7) is 5.20. The van der Waals surface area contributed by atoms with Gasteiger partial charge in [-0.1, -0.05) is 13.8 Å². The molecule has 1 aliphatic heterocycles. The SMILES string of the molecule is CC.COC(=O)N1CCC(n2c(=O)[nH]c3cnccc32)CC1. The Hall–Kier alpha value is -2.31. The van der Waals surface area contributed by atoms with Crippen LogP contribution in [0.25, 0.3) is 11.0 Å². The van der Waals surface area contributed by atoms with E-state index in [-0.39, 0.29) is 17.8 Å². The highest BCUT2D eigenvalue weighted by Crippen LogP contribution is 2.24. The van der Waals surface area contributed by atoms with Crippen molar-refractivity contribution in [1.29, 1.82) is 0 Å². The van der Waals surface area contributed by atoms with Crippen molar-refractivity contribution >= 4 is 17.1 Å². The topological polar surface area (TPSA) is 80.2 Å². The zero-order valence-corrected chi connectivity index (χ0v) is 13.2. The van der Waals surface area contributed by atoms with Crippen LogP contribution in [0.4, 0.5) is 4.79 Å². The Bertz CT molecular complexity index is 683. The van der Waals surface area contributed by atoms with Crippen LogP contribution in [0, 0.1) is 0 Å². The van der Waals surface area contributed by atoms with Gasteiger partial charge in [0.15, 0.2) is 0 Å². The van der Waals surface area contributed by atoms with E-state index in [4.69, 9.17) is 4.74 Å². The third-order valence-electron chi connectivity index (χ3n) is 3.78. The monoisotopic (exact) mass is 306 g/mol. The number of carbonyl (C=O) groups excluding carboxylic acids is 1. The van der Waals surface area contributed by atoms with E-state index in [9.17, 15) is 9.59 Å². The van der Waals surface area contributed by atoms with Crippen LogP contribution >= 0.6 is 0 Å². The van der Waals surface area contributed by atoms with Gasteiger partial charge in [0, 0.05) is 25.3 Å². The summed E-state index contributed by atoms with van der Waals surface area (Å²) in [7, 11) is 1.38. The lowest BCUT2D eigenvalue weighted by Gasteiger charge is -2.31. The lowest BCUT2D eigenvalue weighted by atomic mass is 10.1. The minimum Gasteiger partial charge on any atom is -0.453 e. The fourth-order valence-electron chi connectivity index (χ4n) is 2.78. The zero-order chi connectivity index (χ0) is 16.1. The summed E-state index contributed by atoms with van der Waals surface area (Å²) < 4.78 is 6.48. The van der Waals surface area contributed by atoms with Crippen LogP contribution < -0.4 is 5.69 Å². The summed E-state index contributed by atoms with van der Waals surface area (Å²) in [5.74, 6) is 0. The molecule has 3 rings (SSSR count). The molecule has 0 bridgehead atoms. The van der Waals surface area contributed by atoms with E-state index < -0.39 is 0 Å². The van der Waals surface area contributed by atoms with Gasteiger partial charge in [-0.3, -0.25) is 9.55 Å². The number of fused-ring (bicyclic) bond motifs is 1. The number of carbonyl (C=O) groups is 1. The van der Waals surface area contributed by atoms with Crippen molar-refractivity contribution in [3.8, 4) is 0 Å². The molecule has 2 aromatic heterocycles. The molecule has 2 aromatic rings. The fourth-order valence-corrected chi connectivity index (χ4v) is 2.78. The molecule has 0 radical (unpaired) electrons. The minimum absolute atomic E-state index is 0.0968. The number of methoxy groups -OCH3 is 1. The van der Waals surface area contributed by atoms with E-state index in [1.54, 1.807) is 21.9 Å². The largest absolute Gasteiger partial charge is 0.453 e. The number of ether oxygens (including phenoxy) is 1. The van der Waals surface area contributed by atoms with Gasteiger partial charge >= 0.3 is 11.8 Å². The quantitative estimate of drug-likeness (QED) is 0.875. The second-order valence-corrected chi connectivity index (χ2v) is 4.88. The fraction of sp³-hybridized carbons (Fsp3) is 0.533. The number of likely N-dealkylation sites (tertiary alicyclic amines) is 1. The number of hydrogen-bond acceptors (Lipinski definition) is 4. The van der Waals surface area contributed by atoms with Crippen LogP contribution in [0.5, 0.6) is 0 Å². The van der Waals surface area contributed by atoms with E-state index >= 15 is 0 Å². The van der Waals surface area contributed by atoms with Gasteiger partial charge in [0.25, 0.3) is 0 Å². The summed E-state index contributed by atoms with van der Waals surface area (Å²) in [6, 6.07) is 1.93. The molecule has 1 saturated heterocycles. The number of nitrogens with one attached hydrogen (secondary N) is 1. The lowest BCUT2D eigenvalue weighted by Crippen LogP contribution is -2.40. The lowest BCUT2D eigenvalue weighted by molar-refractivity contribution is 0.107. The first-order chi connectivity index (χ1) is 10.7. The third kappa shape index (κ3) is 2.98. The molecule has 120 valence electrons. The molecular weight excluding hydrogens is 284 g/mol. The Kier molecular flexibility index (Phi) is 5.19. The van der Waals surface area contributed by atoms with Gasteiger partial charge in [0.1, 0.15) is 0 Å². The maximum absolute atomic E-state index is 12.1. The normalized spacial score (nSPS) is 15.3. The second kappa shape index (κ2) is 7.11. The van der Waals surface area contributed by atoms with Gasteiger partial charge in [-0.05, 0) is 18.9 Å². The third-order valence-corrected chi connectivity index (χ3v) is 3.78. The first-order valence-corrected chi connectivity index (χ1v) is 7.58. The van der Waals surface area contributed by atoms with Crippen LogP contribution in [-0.2, 0) is 4.74 Å². The molecule has 1 fully saturated rings. The van der Waals surface area contributed by atoms with E-state index in [0.29, 0.717) is 13.1 Å². The Balaban J connectivity index is 0.000000847. The Morgan fingerprint density at radius 2 is 2.05 bits per heavy atom. The summed E-state index contributed by atoms with van der Waals surface area (Å²) in [6.07, 6.45) is 4.50. The van der Waals surface area contributed by atoms with Crippen molar-refractivity contribution in [2.45, 2.75) is 32.7 Å². The first-order valence-electron chi connectivity index (χ1n) is 7.58. The van der Waals surface area contributed by atoms with Gasteiger partial charge < -0.3 is 14.6 Å². The van der Waals surface area contributed by atoms with Crippen molar-refractivity contribution in [3.63, 3.8) is 0 Å². The smallest absolute Gasteiger partial charge is 0.409 e. The van der Waals surface area contributed by atoms with Gasteiger partial charge in [-0.2, -0.15) is 0 Å². The Morgan fingerprint density at radius 1 is 1.36 bits per heavy atom. The molecule has 0 spiro atoms. The van der Waals surface area contributed by atoms with Crippen LogP contribution in [0.15, 0.2) is 23.3 Å². The predicted octanol–water partition coefficient (Wildman–Crippen LogP) is 2.15. The highest BCUT2D eigenvalue weighted by molar-refractivity contribution is 5.73. The van der Waals surface area contributed by atoms with Crippen molar-refractivity contribution in [2.75, 3.05) is 20.2 Å². The summed E-state index contributed by atoms with van der Waals surface area (Å²) in [4.78, 5) is 32.0. The molecule has 0 aliphatic carbocycles. The number of pyridine rings is 1. The van der Waals surface area contributed by atoms with Crippen molar-refractivity contribution in [1.82, 2.24) is 19.4 Å². The molecule has 1 N–H and O–H groups in total. The number of nitrogens with zero attached hydrogens (tertiary/aromatic N) is 3. The van der Waals surface area contributed by atoms with E-state index in [1.807, 2.05) is 19.9 Å². The van der Waals surface area contributed by atoms with Gasteiger partial charge in [0.2, 0.25) is 0 Å². The molecule has 0 aromatic carbocycles. The molecule has 3 heterocycles. The molecular formula is C15H22N4O3. The molecule has 7 nitrogen and oxygen atoms in total. The van der Waals surface area contributed by atoms with Gasteiger partial charge in [0.05, 0.1) is 24.3 Å². The summed E-state index contributed by atoms with van der Waals surface area (Å²) >= 11 is 0. The Morgan fingerprint density at radius 3 is 2.68 bits per heavy atom. The van der Waals surface area contributed by atoms with Crippen LogP contribution in [0.1, 0.15) is 32.7 Å². The molecule has 0 saturated carbocycles. The number of aromatic amines is 1. The minimum atomic E-state index is -0.307. The molecule has 0 atom stereocenters. The maximum Gasteiger partial charge on any atom is 0.409 e. The number of aromatic nitrogens is 3. The van der Waals surface area contributed by atoms with E-state index in [2.05, 4.69) is 9.97 Å². The van der Waals surface area contributed by atoms with Crippen molar-refractivity contribution < 1.29 is 9.53 Å². The number of rotatable bonds is 1. The summed E-state index contributed by atoms with van der Waals surface area (Å²) in [5.41, 5.74) is 1.49. The molecule has 22 heavy (non-hydrogen) atoms. The van der Waals surface area contributed by atoms with E-state index in [0.717, 1.165) is 23.9 Å². The van der Waals surface area contributed by atoms with Gasteiger partial charge in [-0.15, -0.1) is 0 Å². The highest BCUT2D eigenvalue weighted by atomic mass is 16.5. The maximum atomic E-state index is 12.1. The van der Waals surface area contributed by atoms with Crippen molar-refractivity contribution in [2.24, 2.45) is 0 Å². The molecule has 0 unspecified atom stereocenters.